The maximum absolute atomic E-state index is 12.8. The Labute approximate surface area is 164 Å². The van der Waals surface area contributed by atoms with Crippen LogP contribution in [0, 0.1) is 0 Å². The first kappa shape index (κ1) is 19.7. The highest BCUT2D eigenvalue weighted by molar-refractivity contribution is 7.16. The van der Waals surface area contributed by atoms with Crippen molar-refractivity contribution in [3.63, 3.8) is 0 Å². The van der Waals surface area contributed by atoms with Crippen LogP contribution >= 0.6 is 34.5 Å². The molecule has 0 bridgehead atoms. The lowest BCUT2D eigenvalue weighted by atomic mass is 10.2. The van der Waals surface area contributed by atoms with Gasteiger partial charge in [0.15, 0.2) is 6.10 Å². The zero-order valence-corrected chi connectivity index (χ0v) is 15.8. The lowest BCUT2D eigenvalue weighted by Crippen LogP contribution is -2.18. The third-order valence-electron chi connectivity index (χ3n) is 3.70. The van der Waals surface area contributed by atoms with E-state index in [2.05, 4.69) is 0 Å². The molecule has 0 saturated heterocycles. The minimum absolute atomic E-state index is 0.138. The number of nitrogens with zero attached hydrogens (tertiary/aromatic N) is 1. The third kappa shape index (κ3) is 3.97. The van der Waals surface area contributed by atoms with Gasteiger partial charge in [-0.05, 0) is 54.9 Å². The predicted octanol–water partition coefficient (Wildman–Crippen LogP) is 5.26. The smallest absolute Gasteiger partial charge is 0.416 e. The molecule has 3 rings (SSSR count). The minimum Gasteiger partial charge on any atom is -0.482 e. The Hall–Kier alpha value is -2.03. The summed E-state index contributed by atoms with van der Waals surface area (Å²) in [6.07, 6.45) is -5.40. The molecule has 2 aromatic carbocycles. The van der Waals surface area contributed by atoms with Gasteiger partial charge in [0.25, 0.3) is 5.24 Å². The summed E-state index contributed by atoms with van der Waals surface area (Å²) in [7, 11) is 0. The van der Waals surface area contributed by atoms with Gasteiger partial charge in [0.05, 0.1) is 26.5 Å². The average molecular weight is 436 g/mol. The molecule has 0 aliphatic rings. The van der Waals surface area contributed by atoms with E-state index in [1.807, 2.05) is 0 Å². The largest absolute Gasteiger partial charge is 0.482 e. The standard InChI is InChI=1S/C17H10Cl2F3NO3S/c1-8(15(19)24)26-10-3-5-13-14(7-10)27-16(25)23(13)12-4-2-9(6-11(12)18)17(20,21)22/h2-8H,1H3. The molecule has 4 nitrogen and oxygen atoms in total. The fourth-order valence-electron chi connectivity index (χ4n) is 2.42. The molecule has 1 aromatic heterocycles. The molecule has 142 valence electrons. The van der Waals surface area contributed by atoms with Crippen molar-refractivity contribution in [2.75, 3.05) is 0 Å². The van der Waals surface area contributed by atoms with Crippen molar-refractivity contribution < 1.29 is 22.7 Å². The first-order chi connectivity index (χ1) is 12.6. The fourth-order valence-corrected chi connectivity index (χ4v) is 3.64. The molecule has 1 unspecified atom stereocenters. The number of benzene rings is 2. The Morgan fingerprint density at radius 2 is 1.93 bits per heavy atom. The Bertz CT molecular complexity index is 1090. The van der Waals surface area contributed by atoms with E-state index in [0.29, 0.717) is 16.0 Å². The zero-order valence-electron chi connectivity index (χ0n) is 13.5. The normalized spacial score (nSPS) is 13.0. The topological polar surface area (TPSA) is 48.3 Å². The molecule has 0 amide bonds. The third-order valence-corrected chi connectivity index (χ3v) is 5.21. The van der Waals surface area contributed by atoms with Crippen molar-refractivity contribution >= 4 is 50.0 Å². The van der Waals surface area contributed by atoms with Gasteiger partial charge in [-0.25, -0.2) is 0 Å². The van der Waals surface area contributed by atoms with Crippen LogP contribution in [0.4, 0.5) is 13.2 Å². The number of hydrogen-bond acceptors (Lipinski definition) is 4. The van der Waals surface area contributed by atoms with Gasteiger partial charge in [0.1, 0.15) is 5.75 Å². The van der Waals surface area contributed by atoms with Crippen LogP contribution in [-0.2, 0) is 11.0 Å². The number of carbonyl (C=O) groups excluding carboxylic acids is 1. The van der Waals surface area contributed by atoms with Crippen molar-refractivity contribution in [3.05, 3.63) is 56.7 Å². The molecule has 27 heavy (non-hydrogen) atoms. The second-order valence-corrected chi connectivity index (χ2v) is 7.33. The Kier molecular flexibility index (Phi) is 5.24. The molecule has 10 heteroatoms. The molecule has 1 atom stereocenters. The molecule has 3 aromatic rings. The molecule has 1 heterocycles. The van der Waals surface area contributed by atoms with E-state index in [1.165, 1.54) is 17.6 Å². The minimum atomic E-state index is -4.54. The van der Waals surface area contributed by atoms with Crippen molar-refractivity contribution in [3.8, 4) is 11.4 Å². The fraction of sp³-hybridized carbons (Fsp3) is 0.176. The van der Waals surface area contributed by atoms with E-state index < -0.39 is 28.0 Å². The first-order valence-electron chi connectivity index (χ1n) is 7.46. The predicted molar refractivity (Wildman–Crippen MR) is 98.4 cm³/mol. The molecule has 0 aliphatic heterocycles. The van der Waals surface area contributed by atoms with E-state index in [1.54, 1.807) is 12.1 Å². The van der Waals surface area contributed by atoms with Gasteiger partial charge in [0.2, 0.25) is 0 Å². The van der Waals surface area contributed by atoms with Crippen LogP contribution in [0.1, 0.15) is 12.5 Å². The molecule has 0 radical (unpaired) electrons. The van der Waals surface area contributed by atoms with E-state index in [9.17, 15) is 22.8 Å². The van der Waals surface area contributed by atoms with Crippen LogP contribution in [0.25, 0.3) is 15.9 Å². The van der Waals surface area contributed by atoms with Crippen LogP contribution in [-0.4, -0.2) is 15.9 Å². The number of alkyl halides is 3. The van der Waals surface area contributed by atoms with Gasteiger partial charge in [-0.15, -0.1) is 0 Å². The highest BCUT2D eigenvalue weighted by Crippen LogP contribution is 2.34. The highest BCUT2D eigenvalue weighted by Gasteiger charge is 2.31. The second-order valence-electron chi connectivity index (χ2n) is 5.56. The van der Waals surface area contributed by atoms with Gasteiger partial charge in [-0.2, -0.15) is 13.2 Å². The number of rotatable bonds is 4. The number of hydrogen-bond donors (Lipinski definition) is 0. The number of carbonyl (C=O) groups is 1. The molecular formula is C17H10Cl2F3NO3S. The summed E-state index contributed by atoms with van der Waals surface area (Å²) in [5.74, 6) is 0.330. The monoisotopic (exact) mass is 435 g/mol. The van der Waals surface area contributed by atoms with Crippen LogP contribution < -0.4 is 9.61 Å². The molecule has 0 saturated carbocycles. The number of ether oxygens (including phenoxy) is 1. The molecule has 0 spiro atoms. The lowest BCUT2D eigenvalue weighted by Gasteiger charge is -2.12. The Morgan fingerprint density at radius 3 is 2.52 bits per heavy atom. The van der Waals surface area contributed by atoms with Gasteiger partial charge < -0.3 is 4.74 Å². The lowest BCUT2D eigenvalue weighted by molar-refractivity contribution is -0.137. The average Bonchev–Trinajstić information content (AvgIpc) is 2.88. The molecule has 0 N–H and O–H groups in total. The van der Waals surface area contributed by atoms with E-state index in [0.717, 1.165) is 29.5 Å². The maximum Gasteiger partial charge on any atom is 0.416 e. The van der Waals surface area contributed by atoms with Crippen LogP contribution in [0.5, 0.6) is 5.75 Å². The van der Waals surface area contributed by atoms with Crippen molar-refractivity contribution in [2.24, 2.45) is 0 Å². The second kappa shape index (κ2) is 7.18. The van der Waals surface area contributed by atoms with E-state index in [4.69, 9.17) is 27.9 Å². The van der Waals surface area contributed by atoms with Gasteiger partial charge in [0, 0.05) is 0 Å². The van der Waals surface area contributed by atoms with Crippen LogP contribution in [0.15, 0.2) is 41.2 Å². The van der Waals surface area contributed by atoms with E-state index >= 15 is 0 Å². The number of aromatic nitrogens is 1. The summed E-state index contributed by atoms with van der Waals surface area (Å²) in [5, 5.41) is -0.870. The quantitative estimate of drug-likeness (QED) is 0.525. The van der Waals surface area contributed by atoms with E-state index in [-0.39, 0.29) is 10.7 Å². The highest BCUT2D eigenvalue weighted by atomic mass is 35.5. The molecular weight excluding hydrogens is 426 g/mol. The zero-order chi connectivity index (χ0) is 19.9. The number of thiazole rings is 1. The van der Waals surface area contributed by atoms with Crippen molar-refractivity contribution in [2.45, 2.75) is 19.2 Å². The summed E-state index contributed by atoms with van der Waals surface area (Å²) < 4.78 is 45.5. The maximum atomic E-state index is 12.8. The van der Waals surface area contributed by atoms with Crippen molar-refractivity contribution in [1.29, 1.82) is 0 Å². The number of halogens is 5. The summed E-state index contributed by atoms with van der Waals surface area (Å²) in [4.78, 5) is 23.1. The van der Waals surface area contributed by atoms with Crippen LogP contribution in [0.3, 0.4) is 0 Å². The summed E-state index contributed by atoms with van der Waals surface area (Å²) in [6, 6.07) is 7.42. The van der Waals surface area contributed by atoms with Gasteiger partial charge >= 0.3 is 11.0 Å². The van der Waals surface area contributed by atoms with Gasteiger partial charge in [-0.1, -0.05) is 22.9 Å². The molecule has 0 fully saturated rings. The Balaban J connectivity index is 2.07. The van der Waals surface area contributed by atoms with Crippen molar-refractivity contribution in [1.82, 2.24) is 4.57 Å². The first-order valence-corrected chi connectivity index (χ1v) is 9.04. The summed E-state index contributed by atoms with van der Waals surface area (Å²) >= 11 is 12.2. The Morgan fingerprint density at radius 1 is 1.22 bits per heavy atom. The number of fused-ring (bicyclic) bond motifs is 1. The SMILES string of the molecule is CC(Oc1ccc2c(c1)sc(=O)n2-c1ccc(C(F)(F)F)cc1Cl)C(=O)Cl. The summed E-state index contributed by atoms with van der Waals surface area (Å²) in [5.41, 5.74) is -0.318. The summed E-state index contributed by atoms with van der Waals surface area (Å²) in [6.45, 7) is 1.48. The van der Waals surface area contributed by atoms with Crippen LogP contribution in [0.2, 0.25) is 5.02 Å². The molecule has 0 aliphatic carbocycles. The van der Waals surface area contributed by atoms with Gasteiger partial charge in [-0.3, -0.25) is 14.2 Å².